The summed E-state index contributed by atoms with van der Waals surface area (Å²) in [4.78, 5) is 0. The van der Waals surface area contributed by atoms with Gasteiger partial charge in [-0.2, -0.15) is 0 Å². The summed E-state index contributed by atoms with van der Waals surface area (Å²) < 4.78 is 0. The molecule has 1 fully saturated rings. The first-order chi connectivity index (χ1) is 8.23. The molecular weight excluding hydrogens is 230 g/mol. The van der Waals surface area contributed by atoms with Gasteiger partial charge in [-0.25, -0.2) is 0 Å². The predicted octanol–water partition coefficient (Wildman–Crippen LogP) is 4.01. The van der Waals surface area contributed by atoms with E-state index in [2.05, 4.69) is 31.3 Å². The molecule has 2 heteroatoms. The van der Waals surface area contributed by atoms with Crippen LogP contribution >= 0.6 is 11.6 Å². The van der Waals surface area contributed by atoms with Crippen LogP contribution in [0.25, 0.3) is 0 Å². The van der Waals surface area contributed by atoms with Crippen molar-refractivity contribution in [3.05, 3.63) is 34.9 Å². The van der Waals surface area contributed by atoms with Crippen LogP contribution in [0.1, 0.15) is 38.7 Å². The average Bonchev–Trinajstić information content (AvgIpc) is 3.05. The van der Waals surface area contributed by atoms with Gasteiger partial charge in [-0.1, -0.05) is 44.0 Å². The quantitative estimate of drug-likeness (QED) is 0.754. The van der Waals surface area contributed by atoms with Gasteiger partial charge in [0.05, 0.1) is 0 Å². The van der Waals surface area contributed by atoms with Crippen molar-refractivity contribution >= 4 is 11.6 Å². The monoisotopic (exact) mass is 251 g/mol. The maximum atomic E-state index is 5.96. The van der Waals surface area contributed by atoms with Crippen molar-refractivity contribution in [1.29, 1.82) is 0 Å². The van der Waals surface area contributed by atoms with Crippen LogP contribution in [0.3, 0.4) is 0 Å². The zero-order chi connectivity index (χ0) is 12.3. The maximum Gasteiger partial charge on any atom is 0.0406 e. The summed E-state index contributed by atoms with van der Waals surface area (Å²) in [5.41, 5.74) is 1.84. The number of halogens is 1. The summed E-state index contributed by atoms with van der Waals surface area (Å²) >= 11 is 5.96. The van der Waals surface area contributed by atoms with Crippen LogP contribution in [-0.4, -0.2) is 13.1 Å². The van der Waals surface area contributed by atoms with Crippen LogP contribution in [-0.2, 0) is 5.41 Å². The fraction of sp³-hybridized carbons (Fsp3) is 0.600. The Kier molecular flexibility index (Phi) is 4.11. The lowest BCUT2D eigenvalue weighted by Crippen LogP contribution is -2.29. The maximum absolute atomic E-state index is 5.96. The fourth-order valence-corrected chi connectivity index (χ4v) is 2.98. The van der Waals surface area contributed by atoms with Crippen LogP contribution in [0.2, 0.25) is 5.02 Å². The molecule has 2 atom stereocenters. The molecule has 0 bridgehead atoms. The Morgan fingerprint density at radius 3 is 2.53 bits per heavy atom. The number of hydrogen-bond donors (Lipinski definition) is 1. The Bertz CT molecular complexity index is 360. The minimum Gasteiger partial charge on any atom is -0.316 e. The molecule has 1 aromatic carbocycles. The molecule has 0 aromatic heterocycles. The molecule has 0 radical (unpaired) electrons. The molecule has 0 spiro atoms. The van der Waals surface area contributed by atoms with Gasteiger partial charge in [0.25, 0.3) is 0 Å². The molecule has 94 valence electrons. The third-order valence-electron chi connectivity index (χ3n) is 4.01. The van der Waals surface area contributed by atoms with E-state index in [9.17, 15) is 0 Å². The molecule has 1 aliphatic rings. The average molecular weight is 252 g/mol. The van der Waals surface area contributed by atoms with Gasteiger partial charge in [-0.15, -0.1) is 0 Å². The highest BCUT2D eigenvalue weighted by molar-refractivity contribution is 6.30. The summed E-state index contributed by atoms with van der Waals surface area (Å²) in [7, 11) is 0. The lowest BCUT2D eigenvalue weighted by atomic mass is 9.92. The normalized spacial score (nSPS) is 27.1. The van der Waals surface area contributed by atoms with Gasteiger partial charge >= 0.3 is 0 Å². The molecule has 1 nitrogen and oxygen atoms in total. The van der Waals surface area contributed by atoms with Gasteiger partial charge in [-0.3, -0.25) is 0 Å². The summed E-state index contributed by atoms with van der Waals surface area (Å²) in [6, 6.07) is 8.43. The van der Waals surface area contributed by atoms with Crippen molar-refractivity contribution in [2.75, 3.05) is 13.1 Å². The number of rotatable bonds is 6. The Hall–Kier alpha value is -0.530. The molecule has 2 unspecified atom stereocenters. The molecule has 1 aromatic rings. The molecule has 0 heterocycles. The van der Waals surface area contributed by atoms with Crippen molar-refractivity contribution in [1.82, 2.24) is 5.32 Å². The Labute approximate surface area is 110 Å². The van der Waals surface area contributed by atoms with Crippen molar-refractivity contribution < 1.29 is 0 Å². The second-order valence-electron chi connectivity index (χ2n) is 5.15. The van der Waals surface area contributed by atoms with Gasteiger partial charge in [0.1, 0.15) is 0 Å². The van der Waals surface area contributed by atoms with E-state index < -0.39 is 0 Å². The summed E-state index contributed by atoms with van der Waals surface area (Å²) in [5, 5.41) is 4.41. The minimum absolute atomic E-state index is 0.383. The highest BCUT2D eigenvalue weighted by Crippen LogP contribution is 2.55. The lowest BCUT2D eigenvalue weighted by molar-refractivity contribution is 0.523. The Morgan fingerprint density at radius 1 is 1.29 bits per heavy atom. The van der Waals surface area contributed by atoms with E-state index in [0.717, 1.165) is 24.0 Å². The fourth-order valence-electron chi connectivity index (χ4n) is 2.86. The zero-order valence-corrected chi connectivity index (χ0v) is 11.6. The Balaban J connectivity index is 2.09. The SMILES string of the molecule is CCCNCC1(c2ccc(Cl)cc2)CC1CC. The molecular formula is C15H22ClN. The molecule has 17 heavy (non-hydrogen) atoms. The third-order valence-corrected chi connectivity index (χ3v) is 4.26. The number of nitrogens with one attached hydrogen (secondary N) is 1. The minimum atomic E-state index is 0.383. The van der Waals surface area contributed by atoms with E-state index in [1.165, 1.54) is 24.8 Å². The Morgan fingerprint density at radius 2 is 2.00 bits per heavy atom. The molecule has 0 amide bonds. The van der Waals surface area contributed by atoms with E-state index in [1.807, 2.05) is 12.1 Å². The van der Waals surface area contributed by atoms with Crippen molar-refractivity contribution in [2.45, 2.75) is 38.5 Å². The van der Waals surface area contributed by atoms with E-state index in [-0.39, 0.29) is 0 Å². The van der Waals surface area contributed by atoms with Gasteiger partial charge < -0.3 is 5.32 Å². The van der Waals surface area contributed by atoms with E-state index in [1.54, 1.807) is 0 Å². The van der Waals surface area contributed by atoms with Crippen LogP contribution in [0, 0.1) is 5.92 Å². The van der Waals surface area contributed by atoms with Gasteiger partial charge in [-0.05, 0) is 43.0 Å². The summed E-state index contributed by atoms with van der Waals surface area (Å²) in [6.07, 6.45) is 3.80. The van der Waals surface area contributed by atoms with Crippen molar-refractivity contribution in [3.63, 3.8) is 0 Å². The molecule has 0 saturated heterocycles. The van der Waals surface area contributed by atoms with E-state index in [0.29, 0.717) is 5.41 Å². The lowest BCUT2D eigenvalue weighted by Gasteiger charge is -2.19. The molecule has 0 aliphatic heterocycles. The topological polar surface area (TPSA) is 12.0 Å². The molecule has 1 N–H and O–H groups in total. The molecule has 1 aliphatic carbocycles. The first kappa shape index (κ1) is 12.9. The van der Waals surface area contributed by atoms with Crippen LogP contribution < -0.4 is 5.32 Å². The van der Waals surface area contributed by atoms with Crippen LogP contribution in [0.15, 0.2) is 24.3 Å². The highest BCUT2D eigenvalue weighted by atomic mass is 35.5. The van der Waals surface area contributed by atoms with Crippen LogP contribution in [0.5, 0.6) is 0 Å². The number of benzene rings is 1. The standard InChI is InChI=1S/C15H22ClN/c1-3-9-17-11-15(10-12(15)4-2)13-5-7-14(16)8-6-13/h5-8,12,17H,3-4,9-11H2,1-2H3. The molecule has 1 saturated carbocycles. The van der Waals surface area contributed by atoms with Crippen molar-refractivity contribution in [3.8, 4) is 0 Å². The van der Waals surface area contributed by atoms with Crippen LogP contribution in [0.4, 0.5) is 0 Å². The molecule has 2 rings (SSSR count). The first-order valence-corrected chi connectivity index (χ1v) is 7.07. The van der Waals surface area contributed by atoms with E-state index in [4.69, 9.17) is 11.6 Å². The first-order valence-electron chi connectivity index (χ1n) is 6.69. The smallest absolute Gasteiger partial charge is 0.0406 e. The van der Waals surface area contributed by atoms with Gasteiger partial charge in [0.2, 0.25) is 0 Å². The second-order valence-corrected chi connectivity index (χ2v) is 5.59. The second kappa shape index (κ2) is 5.41. The van der Waals surface area contributed by atoms with Gasteiger partial charge in [0, 0.05) is 17.0 Å². The summed E-state index contributed by atoms with van der Waals surface area (Å²) in [5.74, 6) is 0.841. The van der Waals surface area contributed by atoms with Gasteiger partial charge in [0.15, 0.2) is 0 Å². The third kappa shape index (κ3) is 2.66. The van der Waals surface area contributed by atoms with E-state index >= 15 is 0 Å². The number of hydrogen-bond acceptors (Lipinski definition) is 1. The zero-order valence-electron chi connectivity index (χ0n) is 10.8. The largest absolute Gasteiger partial charge is 0.316 e. The van der Waals surface area contributed by atoms with Crippen molar-refractivity contribution in [2.24, 2.45) is 5.92 Å². The predicted molar refractivity (Wildman–Crippen MR) is 74.7 cm³/mol. The summed E-state index contributed by atoms with van der Waals surface area (Å²) in [6.45, 7) is 6.74. The highest BCUT2D eigenvalue weighted by Gasteiger charge is 2.53.